The van der Waals surface area contributed by atoms with Crippen molar-refractivity contribution in [1.82, 2.24) is 9.78 Å². The van der Waals surface area contributed by atoms with Crippen LogP contribution in [-0.4, -0.2) is 15.7 Å². The lowest BCUT2D eigenvalue weighted by Crippen LogP contribution is -2.10. The molecule has 8 heteroatoms. The maximum absolute atomic E-state index is 12.5. The molecule has 0 aliphatic heterocycles. The van der Waals surface area contributed by atoms with Crippen molar-refractivity contribution in [2.75, 3.05) is 5.32 Å². The fraction of sp³-hybridized carbons (Fsp3) is 0.0909. The first-order valence-electron chi connectivity index (χ1n) is 9.11. The van der Waals surface area contributed by atoms with Crippen LogP contribution >= 0.6 is 27.5 Å². The number of hydrogen-bond acceptors (Lipinski definition) is 4. The van der Waals surface area contributed by atoms with Gasteiger partial charge in [-0.05, 0) is 48.0 Å². The summed E-state index contributed by atoms with van der Waals surface area (Å²) in [5.41, 5.74) is 1.51. The van der Waals surface area contributed by atoms with Gasteiger partial charge in [-0.25, -0.2) is 0 Å². The standard InChI is InChI=1S/C22H17BrClN3O3/c23-16-5-7-18(8-6-16)29-14-19-9-10-21(30-19)22(28)26-17-11-25-27(13-17)12-15-3-1-2-4-20(15)24/h1-11,13H,12,14H2,(H,26,28). The van der Waals surface area contributed by atoms with Gasteiger partial charge >= 0.3 is 0 Å². The average molecular weight is 487 g/mol. The van der Waals surface area contributed by atoms with E-state index in [0.717, 1.165) is 10.0 Å². The molecule has 4 aromatic rings. The summed E-state index contributed by atoms with van der Waals surface area (Å²) >= 11 is 9.56. The highest BCUT2D eigenvalue weighted by Crippen LogP contribution is 2.19. The van der Waals surface area contributed by atoms with E-state index in [2.05, 4.69) is 26.3 Å². The van der Waals surface area contributed by atoms with Gasteiger partial charge in [0.1, 0.15) is 18.1 Å². The molecule has 6 nitrogen and oxygen atoms in total. The first-order valence-corrected chi connectivity index (χ1v) is 10.3. The lowest BCUT2D eigenvalue weighted by atomic mass is 10.2. The monoisotopic (exact) mass is 485 g/mol. The Labute approximate surface area is 186 Å². The molecule has 30 heavy (non-hydrogen) atoms. The minimum Gasteiger partial charge on any atom is -0.486 e. The number of furan rings is 1. The molecular weight excluding hydrogens is 470 g/mol. The van der Waals surface area contributed by atoms with E-state index < -0.39 is 0 Å². The Morgan fingerprint density at radius 1 is 1.13 bits per heavy atom. The molecule has 4 rings (SSSR count). The van der Waals surface area contributed by atoms with Gasteiger partial charge in [0.2, 0.25) is 0 Å². The highest BCUT2D eigenvalue weighted by atomic mass is 79.9. The molecule has 0 radical (unpaired) electrons. The van der Waals surface area contributed by atoms with Crippen LogP contribution in [0.4, 0.5) is 5.69 Å². The van der Waals surface area contributed by atoms with E-state index in [4.69, 9.17) is 20.8 Å². The molecule has 0 unspecified atom stereocenters. The van der Waals surface area contributed by atoms with Crippen LogP contribution in [0.3, 0.4) is 0 Å². The fourth-order valence-corrected chi connectivity index (χ4v) is 3.23. The Morgan fingerprint density at radius 2 is 1.93 bits per heavy atom. The van der Waals surface area contributed by atoms with Crippen LogP contribution in [0.1, 0.15) is 21.9 Å². The van der Waals surface area contributed by atoms with Crippen LogP contribution in [-0.2, 0) is 13.2 Å². The number of hydrogen-bond donors (Lipinski definition) is 1. The maximum Gasteiger partial charge on any atom is 0.291 e. The Bertz CT molecular complexity index is 1150. The second-order valence-corrected chi connectivity index (χ2v) is 7.80. The normalized spacial score (nSPS) is 10.7. The van der Waals surface area contributed by atoms with E-state index in [1.807, 2.05) is 48.5 Å². The highest BCUT2D eigenvalue weighted by molar-refractivity contribution is 9.10. The summed E-state index contributed by atoms with van der Waals surface area (Å²) in [7, 11) is 0. The molecule has 0 spiro atoms. The lowest BCUT2D eigenvalue weighted by molar-refractivity contribution is 0.0992. The minimum absolute atomic E-state index is 0.197. The summed E-state index contributed by atoms with van der Waals surface area (Å²) in [5.74, 6) is 1.11. The molecule has 1 amide bonds. The second kappa shape index (κ2) is 9.19. The first-order chi connectivity index (χ1) is 14.6. The summed E-state index contributed by atoms with van der Waals surface area (Å²) in [6, 6.07) is 18.4. The molecule has 152 valence electrons. The number of amides is 1. The molecule has 2 aromatic carbocycles. The largest absolute Gasteiger partial charge is 0.486 e. The Morgan fingerprint density at radius 3 is 2.73 bits per heavy atom. The molecule has 2 aromatic heterocycles. The van der Waals surface area contributed by atoms with Crippen molar-refractivity contribution >= 4 is 39.1 Å². The lowest BCUT2D eigenvalue weighted by Gasteiger charge is -2.04. The van der Waals surface area contributed by atoms with E-state index in [0.29, 0.717) is 28.8 Å². The average Bonchev–Trinajstić information content (AvgIpc) is 3.39. The van der Waals surface area contributed by atoms with E-state index in [1.54, 1.807) is 29.2 Å². The number of nitrogens with zero attached hydrogens (tertiary/aromatic N) is 2. The highest BCUT2D eigenvalue weighted by Gasteiger charge is 2.13. The third-order valence-corrected chi connectivity index (χ3v) is 5.16. The van der Waals surface area contributed by atoms with Gasteiger partial charge in [0.25, 0.3) is 5.91 Å². The SMILES string of the molecule is O=C(Nc1cnn(Cc2ccccc2Cl)c1)c1ccc(COc2ccc(Br)cc2)o1. The summed E-state index contributed by atoms with van der Waals surface area (Å²) in [4.78, 5) is 12.5. The van der Waals surface area contributed by atoms with Crippen LogP contribution in [0.5, 0.6) is 5.75 Å². The summed E-state index contributed by atoms with van der Waals surface area (Å²) in [6.45, 7) is 0.735. The van der Waals surface area contributed by atoms with Crippen molar-refractivity contribution in [2.45, 2.75) is 13.2 Å². The molecule has 1 N–H and O–H groups in total. The van der Waals surface area contributed by atoms with Crippen molar-refractivity contribution in [1.29, 1.82) is 0 Å². The first kappa shape index (κ1) is 20.3. The van der Waals surface area contributed by atoms with Crippen molar-refractivity contribution in [3.05, 3.63) is 99.6 Å². The Hall–Kier alpha value is -3.03. The Balaban J connectivity index is 1.34. The molecule has 0 bridgehead atoms. The molecule has 0 saturated carbocycles. The second-order valence-electron chi connectivity index (χ2n) is 6.48. The van der Waals surface area contributed by atoms with Gasteiger partial charge in [0.05, 0.1) is 18.4 Å². The summed E-state index contributed by atoms with van der Waals surface area (Å²) in [6.07, 6.45) is 3.32. The van der Waals surface area contributed by atoms with Gasteiger partial charge in [-0.1, -0.05) is 45.7 Å². The topological polar surface area (TPSA) is 69.3 Å². The van der Waals surface area contributed by atoms with Crippen LogP contribution in [0, 0.1) is 0 Å². The van der Waals surface area contributed by atoms with Gasteiger partial charge in [-0.2, -0.15) is 5.10 Å². The molecule has 0 aliphatic rings. The van der Waals surface area contributed by atoms with Gasteiger partial charge < -0.3 is 14.5 Å². The van der Waals surface area contributed by atoms with Crippen molar-refractivity contribution in [2.24, 2.45) is 0 Å². The zero-order valence-corrected chi connectivity index (χ0v) is 18.1. The molecule has 0 fully saturated rings. The zero-order valence-electron chi connectivity index (χ0n) is 15.7. The number of nitrogens with one attached hydrogen (secondary N) is 1. The molecule has 0 saturated heterocycles. The van der Waals surface area contributed by atoms with E-state index >= 15 is 0 Å². The molecule has 2 heterocycles. The van der Waals surface area contributed by atoms with Crippen LogP contribution in [0.2, 0.25) is 5.02 Å². The van der Waals surface area contributed by atoms with Crippen LogP contribution in [0.15, 0.2) is 81.9 Å². The van der Waals surface area contributed by atoms with Gasteiger partial charge in [0.15, 0.2) is 5.76 Å². The fourth-order valence-electron chi connectivity index (χ4n) is 2.77. The smallest absolute Gasteiger partial charge is 0.291 e. The number of halogens is 2. The predicted molar refractivity (Wildman–Crippen MR) is 118 cm³/mol. The van der Waals surface area contributed by atoms with E-state index in [1.165, 1.54) is 0 Å². The van der Waals surface area contributed by atoms with Crippen LogP contribution < -0.4 is 10.1 Å². The van der Waals surface area contributed by atoms with Gasteiger partial charge in [-0.3, -0.25) is 9.48 Å². The number of carbonyl (C=O) groups excluding carboxylic acids is 1. The third-order valence-electron chi connectivity index (χ3n) is 4.26. The van der Waals surface area contributed by atoms with Crippen molar-refractivity contribution < 1.29 is 13.9 Å². The van der Waals surface area contributed by atoms with Crippen molar-refractivity contribution in [3.8, 4) is 5.75 Å². The summed E-state index contributed by atoms with van der Waals surface area (Å²) in [5, 5.41) is 7.71. The predicted octanol–water partition coefficient (Wildman–Crippen LogP) is 5.77. The number of aromatic nitrogens is 2. The quantitative estimate of drug-likeness (QED) is 0.360. The summed E-state index contributed by atoms with van der Waals surface area (Å²) < 4.78 is 13.9. The Kier molecular flexibility index (Phi) is 6.21. The maximum atomic E-state index is 12.5. The molecular formula is C22H17BrClN3O3. The number of benzene rings is 2. The van der Waals surface area contributed by atoms with Gasteiger partial charge in [0, 0.05) is 15.7 Å². The molecule has 0 atom stereocenters. The van der Waals surface area contributed by atoms with Crippen LogP contribution in [0.25, 0.3) is 0 Å². The van der Waals surface area contributed by atoms with Crippen molar-refractivity contribution in [3.63, 3.8) is 0 Å². The number of anilines is 1. The third kappa shape index (κ3) is 5.11. The van der Waals surface area contributed by atoms with E-state index in [-0.39, 0.29) is 18.3 Å². The number of ether oxygens (including phenoxy) is 1. The number of rotatable bonds is 7. The van der Waals surface area contributed by atoms with Gasteiger partial charge in [-0.15, -0.1) is 0 Å². The minimum atomic E-state index is -0.359. The number of carbonyl (C=O) groups is 1. The zero-order chi connectivity index (χ0) is 20.9. The molecule has 0 aliphatic carbocycles. The van der Waals surface area contributed by atoms with E-state index in [9.17, 15) is 4.79 Å².